The molecule has 0 aliphatic carbocycles. The number of unbranched alkanes of at least 4 members (excludes halogenated alkanes) is 1. The summed E-state index contributed by atoms with van der Waals surface area (Å²) in [6.45, 7) is 5.91. The number of aromatic nitrogens is 1. The van der Waals surface area contributed by atoms with E-state index in [1.54, 1.807) is 0 Å². The van der Waals surface area contributed by atoms with Gasteiger partial charge in [-0.2, -0.15) is 0 Å². The Balaban J connectivity index is 1.99. The number of carbonyl (C=O) groups is 1. The van der Waals surface area contributed by atoms with Crippen molar-refractivity contribution in [1.82, 2.24) is 9.88 Å². The van der Waals surface area contributed by atoms with Gasteiger partial charge in [0.15, 0.2) is 0 Å². The number of aryl methyl sites for hydroxylation is 1. The second kappa shape index (κ2) is 9.09. The van der Waals surface area contributed by atoms with E-state index in [9.17, 15) is 4.79 Å². The molecule has 4 heteroatoms. The number of carbonyl (C=O) groups excluding carboxylic acids is 1. The first kappa shape index (κ1) is 19.5. The molecule has 1 amide bonds. The third-order valence-electron chi connectivity index (χ3n) is 5.05. The lowest BCUT2D eigenvalue weighted by atomic mass is 9.88. The molecule has 142 valence electrons. The molecular formula is C23H27ClN2O. The summed E-state index contributed by atoms with van der Waals surface area (Å²) in [5, 5.41) is 4.98. The number of fused-ring (bicyclic) bond motifs is 1. The number of nitrogens with zero attached hydrogens (tertiary/aromatic N) is 1. The second-order valence-electron chi connectivity index (χ2n) is 6.90. The summed E-state index contributed by atoms with van der Waals surface area (Å²) < 4.78 is 2.25. The van der Waals surface area contributed by atoms with Crippen LogP contribution in [0.5, 0.6) is 0 Å². The highest BCUT2D eigenvalue weighted by molar-refractivity contribution is 6.30. The molecule has 0 unspecified atom stereocenters. The van der Waals surface area contributed by atoms with Crippen molar-refractivity contribution >= 4 is 28.4 Å². The van der Waals surface area contributed by atoms with Crippen LogP contribution in [0.1, 0.15) is 50.2 Å². The largest absolute Gasteiger partial charge is 0.356 e. The summed E-state index contributed by atoms with van der Waals surface area (Å²) in [5.41, 5.74) is 3.52. The number of halogens is 1. The van der Waals surface area contributed by atoms with E-state index in [0.717, 1.165) is 31.5 Å². The molecule has 2 aromatic carbocycles. The molecule has 0 aliphatic rings. The van der Waals surface area contributed by atoms with Crippen molar-refractivity contribution in [2.45, 2.75) is 45.6 Å². The highest BCUT2D eigenvalue weighted by atomic mass is 35.5. The van der Waals surface area contributed by atoms with E-state index < -0.39 is 0 Å². The molecule has 0 saturated carbocycles. The van der Waals surface area contributed by atoms with Crippen molar-refractivity contribution in [3.05, 3.63) is 70.9 Å². The molecule has 3 nitrogen and oxygen atoms in total. The number of para-hydroxylation sites is 1. The van der Waals surface area contributed by atoms with E-state index in [-0.39, 0.29) is 11.8 Å². The van der Waals surface area contributed by atoms with Crippen LogP contribution in [-0.4, -0.2) is 17.0 Å². The average molecular weight is 383 g/mol. The summed E-state index contributed by atoms with van der Waals surface area (Å²) >= 11 is 6.09. The molecule has 0 bridgehead atoms. The van der Waals surface area contributed by atoms with Crippen molar-refractivity contribution in [1.29, 1.82) is 0 Å². The number of amides is 1. The zero-order valence-electron chi connectivity index (χ0n) is 16.0. The minimum Gasteiger partial charge on any atom is -0.356 e. The van der Waals surface area contributed by atoms with Crippen LogP contribution in [0.3, 0.4) is 0 Å². The Morgan fingerprint density at radius 3 is 2.56 bits per heavy atom. The minimum atomic E-state index is 0.00148. The molecule has 1 N–H and O–H groups in total. The summed E-state index contributed by atoms with van der Waals surface area (Å²) in [6, 6.07) is 16.3. The first-order chi connectivity index (χ1) is 13.1. The predicted molar refractivity (Wildman–Crippen MR) is 113 cm³/mol. The van der Waals surface area contributed by atoms with E-state index in [1.807, 2.05) is 24.3 Å². The maximum Gasteiger partial charge on any atom is 0.220 e. The van der Waals surface area contributed by atoms with E-state index >= 15 is 0 Å². The van der Waals surface area contributed by atoms with Crippen molar-refractivity contribution < 1.29 is 4.79 Å². The maximum atomic E-state index is 12.6. The smallest absolute Gasteiger partial charge is 0.220 e. The fourth-order valence-corrected chi connectivity index (χ4v) is 3.71. The molecule has 27 heavy (non-hydrogen) atoms. The maximum absolute atomic E-state index is 12.6. The molecule has 0 aliphatic heterocycles. The van der Waals surface area contributed by atoms with Crippen LogP contribution < -0.4 is 5.32 Å². The van der Waals surface area contributed by atoms with Crippen LogP contribution in [0.15, 0.2) is 54.7 Å². The second-order valence-corrected chi connectivity index (χ2v) is 7.34. The fraction of sp³-hybridized carbons (Fsp3) is 0.348. The summed E-state index contributed by atoms with van der Waals surface area (Å²) in [6.07, 6.45) is 4.71. The van der Waals surface area contributed by atoms with Crippen LogP contribution >= 0.6 is 11.6 Å². The first-order valence-electron chi connectivity index (χ1n) is 9.74. The standard InChI is InChI=1S/C23H27ClN2O/c1-3-5-14-25-23(27)15-20(17-10-12-18(24)13-11-17)21-16-26(4-2)22-9-7-6-8-19(21)22/h6-13,16,20H,3-5,14-15H2,1-2H3,(H,25,27)/t20-/m0/s1. The number of hydrogen-bond acceptors (Lipinski definition) is 1. The normalized spacial score (nSPS) is 12.3. The lowest BCUT2D eigenvalue weighted by Crippen LogP contribution is -2.26. The number of hydrogen-bond donors (Lipinski definition) is 1. The molecule has 3 aromatic rings. The third-order valence-corrected chi connectivity index (χ3v) is 5.30. The van der Waals surface area contributed by atoms with Crippen molar-refractivity contribution in [3.8, 4) is 0 Å². The van der Waals surface area contributed by atoms with Crippen molar-refractivity contribution in [2.24, 2.45) is 0 Å². The van der Waals surface area contributed by atoms with Crippen LogP contribution in [0.2, 0.25) is 5.02 Å². The van der Waals surface area contributed by atoms with Crippen molar-refractivity contribution in [3.63, 3.8) is 0 Å². The molecule has 1 heterocycles. The fourth-order valence-electron chi connectivity index (χ4n) is 3.58. The monoisotopic (exact) mass is 382 g/mol. The summed E-state index contributed by atoms with van der Waals surface area (Å²) in [4.78, 5) is 12.6. The van der Waals surface area contributed by atoms with Gasteiger partial charge in [-0.1, -0.05) is 55.3 Å². The lowest BCUT2D eigenvalue weighted by molar-refractivity contribution is -0.121. The molecule has 1 aromatic heterocycles. The molecule has 0 fully saturated rings. The van der Waals surface area contributed by atoms with E-state index in [1.165, 1.54) is 16.5 Å². The zero-order chi connectivity index (χ0) is 19.2. The first-order valence-corrected chi connectivity index (χ1v) is 10.1. The van der Waals surface area contributed by atoms with Gasteiger partial charge >= 0.3 is 0 Å². The Bertz CT molecular complexity index is 898. The lowest BCUT2D eigenvalue weighted by Gasteiger charge is -2.17. The van der Waals surface area contributed by atoms with E-state index in [4.69, 9.17) is 11.6 Å². The minimum absolute atomic E-state index is 0.00148. The molecule has 3 rings (SSSR count). The van der Waals surface area contributed by atoms with Crippen LogP contribution in [0, 0.1) is 0 Å². The Hall–Kier alpha value is -2.26. The van der Waals surface area contributed by atoms with Crippen LogP contribution in [0.4, 0.5) is 0 Å². The van der Waals surface area contributed by atoms with E-state index in [0.29, 0.717) is 11.4 Å². The molecule has 0 saturated heterocycles. The van der Waals surface area contributed by atoms with Gasteiger partial charge in [-0.3, -0.25) is 4.79 Å². The number of benzene rings is 2. The number of nitrogens with one attached hydrogen (secondary N) is 1. The Labute approximate surface area is 166 Å². The Morgan fingerprint density at radius 2 is 1.85 bits per heavy atom. The van der Waals surface area contributed by atoms with E-state index in [2.05, 4.69) is 54.2 Å². The van der Waals surface area contributed by atoms with Gasteiger partial charge < -0.3 is 9.88 Å². The predicted octanol–water partition coefficient (Wildman–Crippen LogP) is 5.75. The van der Waals surface area contributed by atoms with Crippen LogP contribution in [-0.2, 0) is 11.3 Å². The molecular weight excluding hydrogens is 356 g/mol. The Kier molecular flexibility index (Phi) is 6.57. The van der Waals surface area contributed by atoms with Gasteiger partial charge in [0.25, 0.3) is 0 Å². The zero-order valence-corrected chi connectivity index (χ0v) is 16.8. The number of rotatable bonds is 8. The summed E-state index contributed by atoms with van der Waals surface area (Å²) in [7, 11) is 0. The van der Waals surface area contributed by atoms with Crippen LogP contribution in [0.25, 0.3) is 10.9 Å². The Morgan fingerprint density at radius 1 is 1.11 bits per heavy atom. The third kappa shape index (κ3) is 4.54. The quantitative estimate of drug-likeness (QED) is 0.494. The van der Waals surface area contributed by atoms with Gasteiger partial charge in [0, 0.05) is 47.6 Å². The molecule has 0 radical (unpaired) electrons. The van der Waals surface area contributed by atoms with Gasteiger partial charge in [-0.25, -0.2) is 0 Å². The van der Waals surface area contributed by atoms with Crippen molar-refractivity contribution in [2.75, 3.05) is 6.54 Å². The van der Waals surface area contributed by atoms with Gasteiger partial charge in [0.1, 0.15) is 0 Å². The topological polar surface area (TPSA) is 34.0 Å². The highest BCUT2D eigenvalue weighted by Gasteiger charge is 2.22. The van der Waals surface area contributed by atoms with Gasteiger partial charge in [-0.15, -0.1) is 0 Å². The molecule has 0 spiro atoms. The molecule has 1 atom stereocenters. The average Bonchev–Trinajstić information content (AvgIpc) is 3.06. The summed E-state index contributed by atoms with van der Waals surface area (Å²) in [5.74, 6) is 0.0957. The van der Waals surface area contributed by atoms with Gasteiger partial charge in [-0.05, 0) is 42.7 Å². The van der Waals surface area contributed by atoms with Gasteiger partial charge in [0.2, 0.25) is 5.91 Å². The highest BCUT2D eigenvalue weighted by Crippen LogP contribution is 2.35. The van der Waals surface area contributed by atoms with Gasteiger partial charge in [0.05, 0.1) is 0 Å². The SMILES string of the molecule is CCCCNC(=O)C[C@@H](c1ccc(Cl)cc1)c1cn(CC)c2ccccc12.